The van der Waals surface area contributed by atoms with Crippen molar-refractivity contribution in [1.29, 1.82) is 0 Å². The molecule has 7 nitrogen and oxygen atoms in total. The van der Waals surface area contributed by atoms with E-state index in [1.165, 1.54) is 11.9 Å². The van der Waals surface area contributed by atoms with Crippen LogP contribution in [0.2, 0.25) is 0 Å². The van der Waals surface area contributed by atoms with Crippen molar-refractivity contribution in [2.75, 3.05) is 32.0 Å². The van der Waals surface area contributed by atoms with Crippen LogP contribution in [0.4, 0.5) is 11.6 Å². The molecule has 7 heteroatoms. The van der Waals surface area contributed by atoms with Gasteiger partial charge in [-0.2, -0.15) is 4.98 Å². The molecule has 30 heavy (non-hydrogen) atoms. The number of carbonyl (C=O) groups excluding carboxylic acids is 1. The van der Waals surface area contributed by atoms with Crippen LogP contribution in [0.5, 0.6) is 0 Å². The lowest BCUT2D eigenvalue weighted by atomic mass is 10.1. The molecule has 1 aliphatic rings. The molecular weight excluding hydrogens is 376 g/mol. The fourth-order valence-corrected chi connectivity index (χ4v) is 3.57. The second-order valence-electron chi connectivity index (χ2n) is 7.60. The van der Waals surface area contributed by atoms with Gasteiger partial charge in [-0.25, -0.2) is 9.97 Å². The summed E-state index contributed by atoms with van der Waals surface area (Å²) in [5.41, 5.74) is 4.24. The van der Waals surface area contributed by atoms with Crippen LogP contribution in [0.1, 0.15) is 17.5 Å². The zero-order chi connectivity index (χ0) is 20.8. The van der Waals surface area contributed by atoms with Crippen LogP contribution in [0.3, 0.4) is 0 Å². The molecule has 0 radical (unpaired) electrons. The Hall–Kier alpha value is -3.32. The number of anilines is 2. The number of hydrogen-bond donors (Lipinski definition) is 2. The van der Waals surface area contributed by atoms with Gasteiger partial charge in [0.2, 0.25) is 11.9 Å². The first-order chi connectivity index (χ1) is 14.7. The Bertz CT molecular complexity index is 1020. The first kappa shape index (κ1) is 20.0. The maximum absolute atomic E-state index is 12.2. The van der Waals surface area contributed by atoms with Crippen LogP contribution in [0.25, 0.3) is 11.4 Å². The van der Waals surface area contributed by atoms with E-state index in [4.69, 9.17) is 0 Å². The fraction of sp³-hybridized carbons (Fsp3) is 0.304. The third-order valence-electron chi connectivity index (χ3n) is 5.09. The molecule has 2 N–H and O–H groups in total. The van der Waals surface area contributed by atoms with Gasteiger partial charge >= 0.3 is 0 Å². The minimum atomic E-state index is 0.0576. The van der Waals surface area contributed by atoms with Gasteiger partial charge in [-0.3, -0.25) is 9.69 Å². The van der Waals surface area contributed by atoms with Crippen molar-refractivity contribution < 1.29 is 4.79 Å². The Kier molecular flexibility index (Phi) is 6.29. The van der Waals surface area contributed by atoms with E-state index in [9.17, 15) is 4.79 Å². The van der Waals surface area contributed by atoms with Gasteiger partial charge in [0.1, 0.15) is 6.33 Å². The van der Waals surface area contributed by atoms with Crippen LogP contribution in [0, 0.1) is 0 Å². The monoisotopic (exact) mass is 402 g/mol. The molecule has 1 amide bonds. The van der Waals surface area contributed by atoms with Crippen LogP contribution in [0.15, 0.2) is 54.9 Å². The summed E-state index contributed by atoms with van der Waals surface area (Å²) in [5.74, 6) is 1.22. The van der Waals surface area contributed by atoms with Gasteiger partial charge in [-0.15, -0.1) is 0 Å². The van der Waals surface area contributed by atoms with E-state index in [2.05, 4.69) is 54.8 Å². The Morgan fingerprint density at radius 2 is 1.83 bits per heavy atom. The highest BCUT2D eigenvalue weighted by atomic mass is 16.2. The Morgan fingerprint density at radius 3 is 2.73 bits per heavy atom. The van der Waals surface area contributed by atoms with Crippen LogP contribution in [-0.2, 0) is 17.6 Å². The highest BCUT2D eigenvalue weighted by Gasteiger charge is 2.09. The van der Waals surface area contributed by atoms with Gasteiger partial charge in [-0.05, 0) is 62.2 Å². The molecule has 2 aromatic carbocycles. The number of carbonyl (C=O) groups is 1. The number of amides is 1. The molecule has 154 valence electrons. The van der Waals surface area contributed by atoms with E-state index in [0.29, 0.717) is 24.9 Å². The van der Waals surface area contributed by atoms with Gasteiger partial charge < -0.3 is 10.6 Å². The third-order valence-corrected chi connectivity index (χ3v) is 5.09. The molecule has 0 atom stereocenters. The van der Waals surface area contributed by atoms with Crippen LogP contribution < -0.4 is 10.6 Å². The predicted molar refractivity (Wildman–Crippen MR) is 118 cm³/mol. The first-order valence-electron chi connectivity index (χ1n) is 10.3. The smallest absolute Gasteiger partial charge is 0.234 e. The Balaban J connectivity index is 1.62. The molecule has 2 heterocycles. The summed E-state index contributed by atoms with van der Waals surface area (Å²) in [5, 5.41) is 6.28. The average molecular weight is 403 g/mol. The molecule has 3 aromatic rings. The van der Waals surface area contributed by atoms with Crippen molar-refractivity contribution in [2.24, 2.45) is 0 Å². The highest BCUT2D eigenvalue weighted by molar-refractivity contribution is 5.78. The summed E-state index contributed by atoms with van der Waals surface area (Å²) in [7, 11) is 1.99. The molecule has 1 aliphatic heterocycles. The molecular formula is C23H26N6O. The Labute approximate surface area is 176 Å². The van der Waals surface area contributed by atoms with Gasteiger partial charge in [0.05, 0.1) is 6.54 Å². The number of rotatable bonds is 0. The van der Waals surface area contributed by atoms with Gasteiger partial charge in [0, 0.05) is 17.8 Å². The number of nitrogens with one attached hydrogen (secondary N) is 2. The fourth-order valence-electron chi connectivity index (χ4n) is 3.57. The van der Waals surface area contributed by atoms with Gasteiger partial charge in [0.25, 0.3) is 0 Å². The summed E-state index contributed by atoms with van der Waals surface area (Å²) < 4.78 is 0. The Morgan fingerprint density at radius 1 is 1.00 bits per heavy atom. The van der Waals surface area contributed by atoms with Crippen molar-refractivity contribution in [2.45, 2.75) is 19.3 Å². The van der Waals surface area contributed by atoms with E-state index in [0.717, 1.165) is 42.6 Å². The molecule has 0 fully saturated rings. The summed E-state index contributed by atoms with van der Waals surface area (Å²) >= 11 is 0. The minimum absolute atomic E-state index is 0.0576. The van der Waals surface area contributed by atoms with E-state index in [-0.39, 0.29) is 5.91 Å². The molecule has 1 aromatic heterocycles. The quantitative estimate of drug-likeness (QED) is 0.602. The largest absolute Gasteiger partial charge is 0.355 e. The number of aryl methyl sites for hydroxylation is 1. The molecule has 6 bridgehead atoms. The molecule has 0 spiro atoms. The van der Waals surface area contributed by atoms with E-state index in [1.54, 1.807) is 0 Å². The van der Waals surface area contributed by atoms with Crippen LogP contribution >= 0.6 is 0 Å². The lowest BCUT2D eigenvalue weighted by molar-refractivity contribution is -0.121. The van der Waals surface area contributed by atoms with Gasteiger partial charge in [0.15, 0.2) is 5.82 Å². The molecule has 0 aliphatic carbocycles. The van der Waals surface area contributed by atoms with Gasteiger partial charge in [-0.1, -0.05) is 30.3 Å². The number of nitrogens with zero attached hydrogens (tertiary/aromatic N) is 4. The zero-order valence-electron chi connectivity index (χ0n) is 17.1. The SMILES string of the molecule is CN1CCCc2cccc(c2)-c2ncnc(n2)Nc2cccc(c2)CCNC(=O)C1. The number of aromatic nitrogens is 3. The lowest BCUT2D eigenvalue weighted by Gasteiger charge is -2.16. The van der Waals surface area contributed by atoms with Crippen molar-refractivity contribution in [3.05, 3.63) is 66.0 Å². The van der Waals surface area contributed by atoms with Crippen LogP contribution in [-0.4, -0.2) is 52.4 Å². The number of fused-ring (bicyclic) bond motifs is 7. The summed E-state index contributed by atoms with van der Waals surface area (Å²) in [6.07, 6.45) is 4.21. The predicted octanol–water partition coefficient (Wildman–Crippen LogP) is 2.82. The standard InChI is InChI=1S/C23H26N6O/c1-29-12-4-7-17-5-2-8-19(13-17)22-25-16-26-23(28-22)27-20-9-3-6-18(14-20)10-11-24-21(30)15-29/h2-3,5-6,8-9,13-14,16H,4,7,10-12,15H2,1H3,(H,24,30)(H,25,26,27,28). The highest BCUT2D eigenvalue weighted by Crippen LogP contribution is 2.20. The second kappa shape index (κ2) is 9.45. The zero-order valence-corrected chi connectivity index (χ0v) is 17.1. The van der Waals surface area contributed by atoms with E-state index < -0.39 is 0 Å². The van der Waals surface area contributed by atoms with Crippen molar-refractivity contribution in [1.82, 2.24) is 25.2 Å². The van der Waals surface area contributed by atoms with Crippen molar-refractivity contribution in [3.8, 4) is 11.4 Å². The number of hydrogen-bond acceptors (Lipinski definition) is 6. The maximum Gasteiger partial charge on any atom is 0.234 e. The van der Waals surface area contributed by atoms with Crippen molar-refractivity contribution in [3.63, 3.8) is 0 Å². The number of likely N-dealkylation sites (N-methyl/N-ethyl adjacent to an activating group) is 1. The second-order valence-corrected chi connectivity index (χ2v) is 7.60. The molecule has 0 saturated carbocycles. The van der Waals surface area contributed by atoms with Crippen molar-refractivity contribution >= 4 is 17.5 Å². The summed E-state index contributed by atoms with van der Waals surface area (Å²) in [6.45, 7) is 1.88. The minimum Gasteiger partial charge on any atom is -0.355 e. The topological polar surface area (TPSA) is 83.0 Å². The van der Waals surface area contributed by atoms with E-state index >= 15 is 0 Å². The summed E-state index contributed by atoms with van der Waals surface area (Å²) in [6, 6.07) is 16.4. The first-order valence-corrected chi connectivity index (χ1v) is 10.3. The van der Waals surface area contributed by atoms with E-state index in [1.807, 2.05) is 31.3 Å². The third kappa shape index (κ3) is 5.39. The lowest BCUT2D eigenvalue weighted by Crippen LogP contribution is -2.36. The molecule has 4 rings (SSSR count). The normalized spacial score (nSPS) is 15.8. The molecule has 0 unspecified atom stereocenters. The maximum atomic E-state index is 12.2. The number of benzene rings is 2. The average Bonchev–Trinajstić information content (AvgIpc) is 2.74. The molecule has 0 saturated heterocycles. The summed E-state index contributed by atoms with van der Waals surface area (Å²) in [4.78, 5) is 27.5.